The summed E-state index contributed by atoms with van der Waals surface area (Å²) < 4.78 is 10.7. The summed E-state index contributed by atoms with van der Waals surface area (Å²) in [5.41, 5.74) is 2.04. The van der Waals surface area contributed by atoms with E-state index >= 15 is 0 Å². The van der Waals surface area contributed by atoms with Gasteiger partial charge in [-0.1, -0.05) is 28.1 Å². The van der Waals surface area contributed by atoms with Gasteiger partial charge in [-0.3, -0.25) is 4.90 Å². The van der Waals surface area contributed by atoms with E-state index in [1.807, 2.05) is 18.2 Å². The van der Waals surface area contributed by atoms with Crippen molar-refractivity contribution in [2.45, 2.75) is 25.9 Å². The van der Waals surface area contributed by atoms with Gasteiger partial charge in [0.2, 0.25) is 0 Å². The minimum Gasteiger partial charge on any atom is -0.467 e. The Morgan fingerprint density at radius 3 is 2.85 bits per heavy atom. The number of carbonyl (C=O) groups excluding carboxylic acids is 2. The molecule has 108 valence electrons. The second-order valence-corrected chi connectivity index (χ2v) is 5.30. The SMILES string of the molecule is CCOC(=O)N1Cc2c(Br)cccc2C[C@H]1C(=O)OC. The van der Waals surface area contributed by atoms with Crippen LogP contribution in [0, 0.1) is 0 Å². The molecular weight excluding hydrogens is 326 g/mol. The Kier molecular flexibility index (Phi) is 4.65. The normalized spacial score (nSPS) is 17.4. The van der Waals surface area contributed by atoms with E-state index in [0.29, 0.717) is 13.0 Å². The Morgan fingerprint density at radius 2 is 2.20 bits per heavy atom. The maximum Gasteiger partial charge on any atom is 0.410 e. The maximum absolute atomic E-state index is 12.0. The maximum atomic E-state index is 12.0. The number of benzene rings is 1. The molecule has 0 fully saturated rings. The van der Waals surface area contributed by atoms with E-state index < -0.39 is 18.1 Å². The summed E-state index contributed by atoms with van der Waals surface area (Å²) in [7, 11) is 1.32. The van der Waals surface area contributed by atoms with Gasteiger partial charge >= 0.3 is 12.1 Å². The molecule has 0 radical (unpaired) electrons. The van der Waals surface area contributed by atoms with E-state index in [1.165, 1.54) is 12.0 Å². The van der Waals surface area contributed by atoms with E-state index in [0.717, 1.165) is 15.6 Å². The van der Waals surface area contributed by atoms with Crippen LogP contribution in [-0.4, -0.2) is 36.7 Å². The lowest BCUT2D eigenvalue weighted by molar-refractivity contribution is -0.147. The molecule has 0 aromatic heterocycles. The molecule has 1 atom stereocenters. The van der Waals surface area contributed by atoms with Gasteiger partial charge in [0.1, 0.15) is 6.04 Å². The van der Waals surface area contributed by atoms with Crippen molar-refractivity contribution in [1.29, 1.82) is 0 Å². The molecule has 0 bridgehead atoms. The number of halogens is 1. The first kappa shape index (κ1) is 14.8. The zero-order valence-electron chi connectivity index (χ0n) is 11.4. The number of nitrogens with zero attached hydrogens (tertiary/aromatic N) is 1. The summed E-state index contributed by atoms with van der Waals surface area (Å²) >= 11 is 3.48. The van der Waals surface area contributed by atoms with E-state index in [4.69, 9.17) is 9.47 Å². The zero-order chi connectivity index (χ0) is 14.7. The van der Waals surface area contributed by atoms with Crippen molar-refractivity contribution in [1.82, 2.24) is 4.90 Å². The van der Waals surface area contributed by atoms with Crippen LogP contribution in [0.4, 0.5) is 4.79 Å². The van der Waals surface area contributed by atoms with Crippen molar-refractivity contribution in [3.63, 3.8) is 0 Å². The fraction of sp³-hybridized carbons (Fsp3) is 0.429. The molecule has 0 saturated heterocycles. The van der Waals surface area contributed by atoms with Crippen molar-refractivity contribution in [2.24, 2.45) is 0 Å². The lowest BCUT2D eigenvalue weighted by Gasteiger charge is -2.34. The molecule has 0 aliphatic carbocycles. The van der Waals surface area contributed by atoms with Crippen molar-refractivity contribution < 1.29 is 19.1 Å². The summed E-state index contributed by atoms with van der Waals surface area (Å²) in [5, 5.41) is 0. The molecule has 5 nitrogen and oxygen atoms in total. The van der Waals surface area contributed by atoms with Gasteiger partial charge in [0.15, 0.2) is 0 Å². The molecule has 6 heteroatoms. The smallest absolute Gasteiger partial charge is 0.410 e. The minimum absolute atomic E-state index is 0.270. The Balaban J connectivity index is 2.35. The van der Waals surface area contributed by atoms with Gasteiger partial charge in [-0.2, -0.15) is 0 Å². The summed E-state index contributed by atoms with van der Waals surface area (Å²) in [6, 6.07) is 5.15. The van der Waals surface area contributed by atoms with Crippen LogP contribution in [0.5, 0.6) is 0 Å². The highest BCUT2D eigenvalue weighted by molar-refractivity contribution is 9.10. The number of hydrogen-bond acceptors (Lipinski definition) is 4. The molecule has 0 spiro atoms. The number of hydrogen-bond donors (Lipinski definition) is 0. The predicted octanol–water partition coefficient (Wildman–Crippen LogP) is 2.51. The molecule has 1 aliphatic rings. The van der Waals surface area contributed by atoms with Crippen LogP contribution in [0.25, 0.3) is 0 Å². The number of amides is 1. The van der Waals surface area contributed by atoms with Crippen molar-refractivity contribution in [3.05, 3.63) is 33.8 Å². The predicted molar refractivity (Wildman–Crippen MR) is 76.2 cm³/mol. The minimum atomic E-state index is -0.638. The summed E-state index contributed by atoms with van der Waals surface area (Å²) in [6.45, 7) is 2.33. The quantitative estimate of drug-likeness (QED) is 0.775. The van der Waals surface area contributed by atoms with Crippen LogP contribution in [0.15, 0.2) is 22.7 Å². The number of fused-ring (bicyclic) bond motifs is 1. The first-order chi connectivity index (χ1) is 9.58. The first-order valence-electron chi connectivity index (χ1n) is 6.36. The Morgan fingerprint density at radius 1 is 1.45 bits per heavy atom. The van der Waals surface area contributed by atoms with E-state index in [9.17, 15) is 9.59 Å². The number of methoxy groups -OCH3 is 1. The fourth-order valence-electron chi connectivity index (χ4n) is 2.32. The Bertz CT molecular complexity index is 532. The summed E-state index contributed by atoms with van der Waals surface area (Å²) in [6.07, 6.45) is -0.0652. The molecule has 1 heterocycles. The Hall–Kier alpha value is -1.56. The van der Waals surface area contributed by atoms with Crippen molar-refractivity contribution in [3.8, 4) is 0 Å². The molecule has 2 rings (SSSR count). The van der Waals surface area contributed by atoms with Crippen LogP contribution in [0.1, 0.15) is 18.1 Å². The number of carbonyl (C=O) groups is 2. The third-order valence-corrected chi connectivity index (χ3v) is 4.05. The van der Waals surface area contributed by atoms with Crippen molar-refractivity contribution in [2.75, 3.05) is 13.7 Å². The van der Waals surface area contributed by atoms with E-state index in [2.05, 4.69) is 15.9 Å². The summed E-state index contributed by atoms with van der Waals surface area (Å²) in [4.78, 5) is 25.3. The van der Waals surface area contributed by atoms with Gasteiger partial charge in [-0.05, 0) is 24.1 Å². The zero-order valence-corrected chi connectivity index (χ0v) is 13.0. The number of rotatable bonds is 2. The third kappa shape index (κ3) is 2.80. The van der Waals surface area contributed by atoms with Crippen LogP contribution >= 0.6 is 15.9 Å². The van der Waals surface area contributed by atoms with Gasteiger partial charge in [0.05, 0.1) is 20.3 Å². The molecule has 0 N–H and O–H groups in total. The van der Waals surface area contributed by atoms with E-state index in [1.54, 1.807) is 6.92 Å². The second kappa shape index (κ2) is 6.26. The lowest BCUT2D eigenvalue weighted by atomic mass is 9.94. The van der Waals surface area contributed by atoms with Crippen LogP contribution < -0.4 is 0 Å². The molecule has 1 aromatic rings. The molecular formula is C14H16BrNO4. The molecule has 20 heavy (non-hydrogen) atoms. The lowest BCUT2D eigenvalue weighted by Crippen LogP contribution is -2.49. The van der Waals surface area contributed by atoms with Gasteiger partial charge in [0, 0.05) is 10.9 Å². The average molecular weight is 342 g/mol. The molecule has 0 unspecified atom stereocenters. The molecule has 1 amide bonds. The topological polar surface area (TPSA) is 55.8 Å². The van der Waals surface area contributed by atoms with Crippen LogP contribution in [0.2, 0.25) is 0 Å². The third-order valence-electron chi connectivity index (χ3n) is 3.31. The molecule has 1 aliphatic heterocycles. The number of esters is 1. The van der Waals surface area contributed by atoms with Gasteiger partial charge in [-0.25, -0.2) is 9.59 Å². The van der Waals surface area contributed by atoms with E-state index in [-0.39, 0.29) is 6.61 Å². The van der Waals surface area contributed by atoms with Gasteiger partial charge in [-0.15, -0.1) is 0 Å². The highest BCUT2D eigenvalue weighted by Crippen LogP contribution is 2.30. The second-order valence-electron chi connectivity index (χ2n) is 4.45. The highest BCUT2D eigenvalue weighted by atomic mass is 79.9. The summed E-state index contributed by atoms with van der Waals surface area (Å²) in [5.74, 6) is -0.427. The standard InChI is InChI=1S/C14H16BrNO4/c1-3-20-14(18)16-8-10-9(5-4-6-11(10)15)7-12(16)13(17)19-2/h4-6,12H,3,7-8H2,1-2H3/t12-/m0/s1. The first-order valence-corrected chi connectivity index (χ1v) is 7.15. The fourth-order valence-corrected chi connectivity index (χ4v) is 2.85. The Labute approximate surface area is 126 Å². The number of ether oxygens (including phenoxy) is 2. The van der Waals surface area contributed by atoms with Crippen LogP contribution in [0.3, 0.4) is 0 Å². The largest absolute Gasteiger partial charge is 0.467 e. The average Bonchev–Trinajstić information content (AvgIpc) is 2.46. The van der Waals surface area contributed by atoms with Gasteiger partial charge < -0.3 is 9.47 Å². The van der Waals surface area contributed by atoms with Gasteiger partial charge in [0.25, 0.3) is 0 Å². The van der Waals surface area contributed by atoms with Crippen LogP contribution in [-0.2, 0) is 27.2 Å². The highest BCUT2D eigenvalue weighted by Gasteiger charge is 2.36. The molecule has 1 aromatic carbocycles. The van der Waals surface area contributed by atoms with Crippen molar-refractivity contribution >= 4 is 28.0 Å². The monoisotopic (exact) mass is 341 g/mol. The molecule has 0 saturated carbocycles.